The van der Waals surface area contributed by atoms with Gasteiger partial charge in [-0.1, -0.05) is 12.1 Å². The van der Waals surface area contributed by atoms with Crippen molar-refractivity contribution in [3.63, 3.8) is 0 Å². The Kier molecular flexibility index (Phi) is 9.59. The second-order valence-electron chi connectivity index (χ2n) is 8.56. The van der Waals surface area contributed by atoms with Gasteiger partial charge in [0.1, 0.15) is 12.2 Å². The van der Waals surface area contributed by atoms with Gasteiger partial charge in [-0.3, -0.25) is 0 Å². The van der Waals surface area contributed by atoms with E-state index in [4.69, 9.17) is 18.9 Å². The molecule has 0 amide bonds. The first kappa shape index (κ1) is 26.0. The van der Waals surface area contributed by atoms with E-state index in [1.165, 1.54) is 7.11 Å². The van der Waals surface area contributed by atoms with Gasteiger partial charge >= 0.3 is 5.97 Å². The Bertz CT molecular complexity index is 741. The van der Waals surface area contributed by atoms with Crippen LogP contribution in [0.15, 0.2) is 24.3 Å². The van der Waals surface area contributed by atoms with Crippen molar-refractivity contribution in [2.24, 2.45) is 0 Å². The van der Waals surface area contributed by atoms with E-state index in [1.807, 2.05) is 12.1 Å². The van der Waals surface area contributed by atoms with E-state index in [1.54, 1.807) is 12.1 Å². The second kappa shape index (κ2) is 12.2. The van der Waals surface area contributed by atoms with Gasteiger partial charge in [-0.2, -0.15) is 0 Å². The van der Waals surface area contributed by atoms with E-state index in [0.29, 0.717) is 24.8 Å². The Morgan fingerprint density at radius 1 is 1.00 bits per heavy atom. The third-order valence-electron chi connectivity index (χ3n) is 6.17. The van der Waals surface area contributed by atoms with Crippen LogP contribution in [0.5, 0.6) is 0 Å². The lowest BCUT2D eigenvalue weighted by molar-refractivity contribution is -0.309. The van der Waals surface area contributed by atoms with Crippen molar-refractivity contribution in [1.29, 1.82) is 0 Å². The lowest BCUT2D eigenvalue weighted by Crippen LogP contribution is -2.56. The van der Waals surface area contributed by atoms with Crippen LogP contribution < -0.4 is 0 Å². The Morgan fingerprint density at radius 3 is 2.30 bits per heavy atom. The van der Waals surface area contributed by atoms with Crippen LogP contribution in [-0.2, 0) is 25.4 Å². The fourth-order valence-corrected chi connectivity index (χ4v) is 4.26. The van der Waals surface area contributed by atoms with Crippen LogP contribution in [0.25, 0.3) is 0 Å². The quantitative estimate of drug-likeness (QED) is 0.299. The third kappa shape index (κ3) is 6.71. The minimum Gasteiger partial charge on any atom is -0.465 e. The van der Waals surface area contributed by atoms with E-state index in [9.17, 15) is 30.3 Å². The molecule has 10 heteroatoms. The van der Waals surface area contributed by atoms with Crippen LogP contribution in [0.4, 0.5) is 0 Å². The lowest BCUT2D eigenvalue weighted by Gasteiger charge is -2.43. The zero-order valence-electron chi connectivity index (χ0n) is 18.7. The average Bonchev–Trinajstić information content (AvgIpc) is 2.83. The highest BCUT2D eigenvalue weighted by Gasteiger charge is 2.43. The van der Waals surface area contributed by atoms with E-state index in [2.05, 4.69) is 0 Å². The van der Waals surface area contributed by atoms with Crippen LogP contribution in [0, 0.1) is 0 Å². The molecule has 2 aliphatic heterocycles. The molecule has 0 saturated carbocycles. The van der Waals surface area contributed by atoms with Gasteiger partial charge in [0.2, 0.25) is 0 Å². The summed E-state index contributed by atoms with van der Waals surface area (Å²) in [5, 5.41) is 50.0. The summed E-state index contributed by atoms with van der Waals surface area (Å²) in [6.45, 7) is -0.587. The fourth-order valence-electron chi connectivity index (χ4n) is 4.26. The van der Waals surface area contributed by atoms with Crippen LogP contribution in [0.2, 0.25) is 0 Å². The first-order valence-electron chi connectivity index (χ1n) is 11.3. The van der Waals surface area contributed by atoms with Gasteiger partial charge in [0.25, 0.3) is 0 Å². The molecular formula is C23H34O10. The van der Waals surface area contributed by atoms with E-state index >= 15 is 0 Å². The lowest BCUT2D eigenvalue weighted by atomic mass is 9.93. The summed E-state index contributed by atoms with van der Waals surface area (Å²) in [6.07, 6.45) is -5.17. The molecule has 1 aromatic rings. The molecule has 2 heterocycles. The molecule has 8 unspecified atom stereocenters. The van der Waals surface area contributed by atoms with Gasteiger partial charge in [0.15, 0.2) is 6.29 Å². The van der Waals surface area contributed by atoms with Gasteiger partial charge in [0, 0.05) is 12.8 Å². The molecule has 0 spiro atoms. The number of rotatable bonds is 9. The third-order valence-corrected chi connectivity index (χ3v) is 6.17. The van der Waals surface area contributed by atoms with Gasteiger partial charge < -0.3 is 44.5 Å². The fraction of sp³-hybridized carbons (Fsp3) is 0.696. The number of carbonyl (C=O) groups excluding carboxylic acids is 1. The van der Waals surface area contributed by atoms with E-state index < -0.39 is 55.0 Å². The summed E-state index contributed by atoms with van der Waals surface area (Å²) in [5.41, 5.74) is 1.49. The number of carbonyl (C=O) groups is 1. The molecular weight excluding hydrogens is 436 g/mol. The van der Waals surface area contributed by atoms with E-state index in [0.717, 1.165) is 5.56 Å². The highest BCUT2D eigenvalue weighted by molar-refractivity contribution is 5.89. The molecule has 0 aliphatic carbocycles. The molecule has 0 aromatic heterocycles. The number of aliphatic hydroxyl groups excluding tert-OH is 5. The average molecular weight is 471 g/mol. The molecule has 2 saturated heterocycles. The number of benzene rings is 1. The Morgan fingerprint density at radius 2 is 1.67 bits per heavy atom. The minimum atomic E-state index is -1.32. The van der Waals surface area contributed by atoms with Crippen molar-refractivity contribution in [3.8, 4) is 0 Å². The second-order valence-corrected chi connectivity index (χ2v) is 8.56. The number of hydrogen-bond acceptors (Lipinski definition) is 10. The molecule has 8 atom stereocenters. The maximum atomic E-state index is 11.5. The first-order chi connectivity index (χ1) is 15.9. The van der Waals surface area contributed by atoms with Crippen molar-refractivity contribution in [3.05, 3.63) is 35.4 Å². The highest BCUT2D eigenvalue weighted by Crippen LogP contribution is 2.30. The van der Waals surface area contributed by atoms with Crippen LogP contribution in [0.1, 0.15) is 41.6 Å². The highest BCUT2D eigenvalue weighted by atomic mass is 16.7. The molecule has 0 radical (unpaired) electrons. The molecule has 186 valence electrons. The molecule has 10 nitrogen and oxygen atoms in total. The number of hydrogen-bond donors (Lipinski definition) is 5. The Hall–Kier alpha value is -1.63. The summed E-state index contributed by atoms with van der Waals surface area (Å²) < 4.78 is 21.8. The summed E-state index contributed by atoms with van der Waals surface area (Å²) in [6, 6.07) is 7.08. The van der Waals surface area contributed by atoms with Crippen molar-refractivity contribution < 1.29 is 49.3 Å². The van der Waals surface area contributed by atoms with Gasteiger partial charge in [-0.05, 0) is 37.0 Å². The summed E-state index contributed by atoms with van der Waals surface area (Å²) in [5.74, 6) is -0.397. The van der Waals surface area contributed by atoms with Crippen molar-refractivity contribution >= 4 is 5.97 Å². The maximum absolute atomic E-state index is 11.5. The molecule has 33 heavy (non-hydrogen) atoms. The summed E-state index contributed by atoms with van der Waals surface area (Å²) in [7, 11) is 1.33. The number of ether oxygens (including phenoxy) is 4. The molecule has 5 N–H and O–H groups in total. The van der Waals surface area contributed by atoms with Crippen molar-refractivity contribution in [2.45, 2.75) is 81.1 Å². The zero-order chi connectivity index (χ0) is 24.0. The molecule has 0 bridgehead atoms. The number of aryl methyl sites for hydroxylation is 1. The molecule has 3 rings (SSSR count). The standard InChI is InChI=1S/C23H34O10/c1-30-22(29)14-7-5-13(6-8-14)3-2-4-18-21(28)19(10-16(12-25)31-18)33-23-20(27)17(26)9-15(11-24)32-23/h5-8,15-21,23-28H,2-4,9-12H2,1H3. The van der Waals surface area contributed by atoms with Gasteiger partial charge in [-0.15, -0.1) is 0 Å². The number of methoxy groups -OCH3 is 1. The topological polar surface area (TPSA) is 155 Å². The minimum absolute atomic E-state index is 0.0797. The van der Waals surface area contributed by atoms with E-state index in [-0.39, 0.29) is 26.1 Å². The Labute approximate surface area is 192 Å². The zero-order valence-corrected chi connectivity index (χ0v) is 18.7. The number of esters is 1. The Balaban J connectivity index is 1.56. The number of aliphatic hydroxyl groups is 5. The SMILES string of the molecule is COC(=O)c1ccc(CCCC2OC(CO)CC(OC3OC(CO)CC(O)C3O)C2O)cc1. The predicted molar refractivity (Wildman–Crippen MR) is 114 cm³/mol. The van der Waals surface area contributed by atoms with Gasteiger partial charge in [0.05, 0.1) is 56.4 Å². The first-order valence-corrected chi connectivity index (χ1v) is 11.3. The smallest absolute Gasteiger partial charge is 0.337 e. The largest absolute Gasteiger partial charge is 0.465 e. The van der Waals surface area contributed by atoms with Crippen LogP contribution in [0.3, 0.4) is 0 Å². The van der Waals surface area contributed by atoms with Crippen molar-refractivity contribution in [2.75, 3.05) is 20.3 Å². The molecule has 2 fully saturated rings. The molecule has 2 aliphatic rings. The maximum Gasteiger partial charge on any atom is 0.337 e. The normalized spacial score (nSPS) is 34.7. The van der Waals surface area contributed by atoms with Crippen molar-refractivity contribution in [1.82, 2.24) is 0 Å². The van der Waals surface area contributed by atoms with Crippen LogP contribution in [-0.4, -0.2) is 101 Å². The van der Waals surface area contributed by atoms with Gasteiger partial charge in [-0.25, -0.2) is 4.79 Å². The van der Waals surface area contributed by atoms with Crippen LogP contribution >= 0.6 is 0 Å². The molecule has 1 aromatic carbocycles. The summed E-state index contributed by atoms with van der Waals surface area (Å²) >= 11 is 0. The monoisotopic (exact) mass is 470 g/mol. The predicted octanol–water partition coefficient (Wildman–Crippen LogP) is -0.479. The summed E-state index contributed by atoms with van der Waals surface area (Å²) in [4.78, 5) is 11.5.